The van der Waals surface area contributed by atoms with E-state index in [9.17, 15) is 14.7 Å². The van der Waals surface area contributed by atoms with Gasteiger partial charge in [-0.15, -0.1) is 0 Å². The molecule has 2 aromatic rings. The largest absolute Gasteiger partial charge is 0.388 e. The van der Waals surface area contributed by atoms with E-state index in [0.29, 0.717) is 10.9 Å². The van der Waals surface area contributed by atoms with Crippen molar-refractivity contribution in [2.45, 2.75) is 39.3 Å². The van der Waals surface area contributed by atoms with Gasteiger partial charge in [0.2, 0.25) is 11.3 Å². The highest BCUT2D eigenvalue weighted by molar-refractivity contribution is 5.81. The van der Waals surface area contributed by atoms with Crippen LogP contribution in [0.4, 0.5) is 0 Å². The summed E-state index contributed by atoms with van der Waals surface area (Å²) >= 11 is 0. The molecule has 2 unspecified atom stereocenters. The Morgan fingerprint density at radius 3 is 2.83 bits per heavy atom. The van der Waals surface area contributed by atoms with Crippen LogP contribution in [0, 0.1) is 5.92 Å². The number of rotatable bonds is 6. The molecule has 0 aliphatic heterocycles. The molecule has 0 saturated carbocycles. The molecule has 2 rings (SSSR count). The number of aromatic nitrogens is 2. The van der Waals surface area contributed by atoms with E-state index in [2.05, 4.69) is 10.4 Å². The van der Waals surface area contributed by atoms with Gasteiger partial charge in [0.25, 0.3) is 0 Å². The van der Waals surface area contributed by atoms with Crippen LogP contribution in [-0.4, -0.2) is 32.9 Å². The van der Waals surface area contributed by atoms with E-state index in [0.717, 1.165) is 6.42 Å². The third-order valence-electron chi connectivity index (χ3n) is 4.37. The Labute approximate surface area is 135 Å². The third kappa shape index (κ3) is 3.96. The lowest BCUT2D eigenvalue weighted by atomic mass is 9.89. The van der Waals surface area contributed by atoms with Gasteiger partial charge in [-0.05, 0) is 25.0 Å². The molecule has 0 spiro atoms. The van der Waals surface area contributed by atoms with Gasteiger partial charge >= 0.3 is 0 Å². The normalized spacial score (nSPS) is 15.1. The van der Waals surface area contributed by atoms with E-state index in [1.54, 1.807) is 31.2 Å². The zero-order valence-electron chi connectivity index (χ0n) is 13.7. The fraction of sp³-hybridized carbons (Fsp3) is 0.471. The fourth-order valence-electron chi connectivity index (χ4n) is 2.37. The summed E-state index contributed by atoms with van der Waals surface area (Å²) in [6, 6.07) is 7.04. The molecule has 124 valence electrons. The molecule has 23 heavy (non-hydrogen) atoms. The Kier molecular flexibility index (Phi) is 5.15. The Balaban J connectivity index is 2.10. The van der Waals surface area contributed by atoms with E-state index >= 15 is 0 Å². The monoisotopic (exact) mass is 317 g/mol. The topological polar surface area (TPSA) is 84.2 Å². The van der Waals surface area contributed by atoms with Gasteiger partial charge in [0.15, 0.2) is 0 Å². The maximum Gasteiger partial charge on any atom is 0.241 e. The van der Waals surface area contributed by atoms with Crippen molar-refractivity contribution in [3.05, 3.63) is 40.7 Å². The van der Waals surface area contributed by atoms with Crippen molar-refractivity contribution in [1.29, 1.82) is 0 Å². The van der Waals surface area contributed by atoms with Crippen LogP contribution in [0.1, 0.15) is 27.2 Å². The summed E-state index contributed by atoms with van der Waals surface area (Å²) in [5.41, 5.74) is -0.510. The van der Waals surface area contributed by atoms with Crippen LogP contribution in [0.2, 0.25) is 0 Å². The third-order valence-corrected chi connectivity index (χ3v) is 4.37. The maximum atomic E-state index is 12.1. The second-order valence-corrected chi connectivity index (χ2v) is 6.13. The number of aliphatic hydroxyl groups is 1. The molecule has 2 atom stereocenters. The minimum atomic E-state index is -0.955. The van der Waals surface area contributed by atoms with Gasteiger partial charge in [-0.1, -0.05) is 32.4 Å². The molecule has 0 aliphatic rings. The lowest BCUT2D eigenvalue weighted by Gasteiger charge is -2.29. The number of nitrogens with one attached hydrogen (secondary N) is 1. The number of hydrogen-bond acceptors (Lipinski definition) is 4. The highest BCUT2D eigenvalue weighted by Crippen LogP contribution is 2.18. The minimum absolute atomic E-state index is 0.00260. The number of amides is 1. The number of nitrogens with zero attached hydrogens (tertiary/aromatic N) is 2. The molecule has 6 nitrogen and oxygen atoms in total. The summed E-state index contributed by atoms with van der Waals surface area (Å²) in [6.45, 7) is 5.84. The van der Waals surface area contributed by atoms with E-state index in [1.165, 1.54) is 10.9 Å². The molecule has 1 heterocycles. The molecule has 0 saturated heterocycles. The summed E-state index contributed by atoms with van der Waals surface area (Å²) in [5, 5.41) is 17.6. The first-order valence-corrected chi connectivity index (χ1v) is 7.79. The van der Waals surface area contributed by atoms with Crippen molar-refractivity contribution < 1.29 is 9.90 Å². The molecule has 6 heteroatoms. The summed E-state index contributed by atoms with van der Waals surface area (Å²) < 4.78 is 1.49. The van der Waals surface area contributed by atoms with Crippen LogP contribution < -0.4 is 10.7 Å². The summed E-state index contributed by atoms with van der Waals surface area (Å²) in [4.78, 5) is 23.9. The van der Waals surface area contributed by atoms with Gasteiger partial charge in [0.05, 0.1) is 17.3 Å². The van der Waals surface area contributed by atoms with E-state index < -0.39 is 5.60 Å². The Morgan fingerprint density at radius 2 is 2.13 bits per heavy atom. The van der Waals surface area contributed by atoms with Gasteiger partial charge in [0, 0.05) is 11.9 Å². The molecule has 0 fully saturated rings. The standard InChI is InChI=1S/C17H23N3O3/c1-4-12(2)17(3,23)11-18-16(22)10-20-14-8-6-5-7-13(14)15(21)9-19-20/h5-9,12,23H,4,10-11H2,1-3H3,(H,18,22). The first-order valence-electron chi connectivity index (χ1n) is 7.79. The first-order chi connectivity index (χ1) is 10.8. The van der Waals surface area contributed by atoms with Crippen molar-refractivity contribution >= 4 is 16.8 Å². The highest BCUT2D eigenvalue weighted by atomic mass is 16.3. The van der Waals surface area contributed by atoms with Crippen LogP contribution in [-0.2, 0) is 11.3 Å². The number of para-hydroxylation sites is 1. The highest BCUT2D eigenvalue weighted by Gasteiger charge is 2.27. The number of carbonyl (C=O) groups is 1. The van der Waals surface area contributed by atoms with Crippen LogP contribution in [0.5, 0.6) is 0 Å². The second kappa shape index (κ2) is 6.91. The van der Waals surface area contributed by atoms with E-state index in [-0.39, 0.29) is 30.3 Å². The van der Waals surface area contributed by atoms with E-state index in [1.807, 2.05) is 13.8 Å². The van der Waals surface area contributed by atoms with Gasteiger partial charge in [-0.25, -0.2) is 0 Å². The Hall–Kier alpha value is -2.21. The first kappa shape index (κ1) is 17.1. The summed E-state index contributed by atoms with van der Waals surface area (Å²) in [6.07, 6.45) is 2.04. The summed E-state index contributed by atoms with van der Waals surface area (Å²) in [7, 11) is 0. The molecule has 0 radical (unpaired) electrons. The second-order valence-electron chi connectivity index (χ2n) is 6.13. The van der Waals surface area contributed by atoms with Crippen molar-refractivity contribution in [2.24, 2.45) is 5.92 Å². The molecule has 0 aliphatic carbocycles. The van der Waals surface area contributed by atoms with Crippen molar-refractivity contribution in [2.75, 3.05) is 6.54 Å². The predicted octanol–water partition coefficient (Wildman–Crippen LogP) is 1.31. The SMILES string of the molecule is CCC(C)C(C)(O)CNC(=O)Cn1ncc(=O)c2ccccc21. The summed E-state index contributed by atoms with van der Waals surface area (Å²) in [5.74, 6) is -0.177. The average molecular weight is 317 g/mol. The zero-order valence-corrected chi connectivity index (χ0v) is 13.7. The fourth-order valence-corrected chi connectivity index (χ4v) is 2.37. The van der Waals surface area contributed by atoms with Crippen LogP contribution in [0.3, 0.4) is 0 Å². The van der Waals surface area contributed by atoms with Gasteiger partial charge in [0.1, 0.15) is 6.54 Å². The molecular weight excluding hydrogens is 294 g/mol. The van der Waals surface area contributed by atoms with Crippen LogP contribution in [0.25, 0.3) is 10.9 Å². The number of fused-ring (bicyclic) bond motifs is 1. The van der Waals surface area contributed by atoms with Crippen molar-refractivity contribution in [3.8, 4) is 0 Å². The van der Waals surface area contributed by atoms with Gasteiger partial charge in [-0.3, -0.25) is 14.3 Å². The molecule has 1 aromatic heterocycles. The van der Waals surface area contributed by atoms with Crippen LogP contribution >= 0.6 is 0 Å². The van der Waals surface area contributed by atoms with Crippen LogP contribution in [0.15, 0.2) is 35.3 Å². The lowest BCUT2D eigenvalue weighted by Crippen LogP contribution is -2.45. The molecular formula is C17H23N3O3. The molecule has 0 bridgehead atoms. The maximum absolute atomic E-state index is 12.1. The minimum Gasteiger partial charge on any atom is -0.388 e. The molecule has 2 N–H and O–H groups in total. The molecule has 1 amide bonds. The quantitative estimate of drug-likeness (QED) is 0.841. The Bertz CT molecular complexity index is 752. The predicted molar refractivity (Wildman–Crippen MR) is 89.1 cm³/mol. The van der Waals surface area contributed by atoms with Gasteiger partial charge < -0.3 is 10.4 Å². The number of hydrogen-bond donors (Lipinski definition) is 2. The lowest BCUT2D eigenvalue weighted by molar-refractivity contribution is -0.123. The Morgan fingerprint density at radius 1 is 1.43 bits per heavy atom. The van der Waals surface area contributed by atoms with Crippen molar-refractivity contribution in [3.63, 3.8) is 0 Å². The average Bonchev–Trinajstić information content (AvgIpc) is 2.55. The van der Waals surface area contributed by atoms with Crippen molar-refractivity contribution in [1.82, 2.24) is 15.1 Å². The molecule has 1 aromatic carbocycles. The van der Waals surface area contributed by atoms with E-state index in [4.69, 9.17) is 0 Å². The number of carbonyl (C=O) groups excluding carboxylic acids is 1. The van der Waals surface area contributed by atoms with Gasteiger partial charge in [-0.2, -0.15) is 5.10 Å². The zero-order chi connectivity index (χ0) is 17.0. The smallest absolute Gasteiger partial charge is 0.241 e. The number of benzene rings is 1.